The molecule has 0 bridgehead atoms. The topological polar surface area (TPSA) is 70.1 Å². The van der Waals surface area contributed by atoms with Crippen molar-refractivity contribution in [3.63, 3.8) is 0 Å². The molecule has 1 heterocycles. The van der Waals surface area contributed by atoms with E-state index >= 15 is 0 Å². The predicted molar refractivity (Wildman–Crippen MR) is 119 cm³/mol. The monoisotopic (exact) mass is 470 g/mol. The van der Waals surface area contributed by atoms with Crippen LogP contribution in [0.3, 0.4) is 0 Å². The minimum Gasteiger partial charge on any atom is -0.493 e. The highest BCUT2D eigenvalue weighted by Gasteiger charge is 2.22. The van der Waals surface area contributed by atoms with Crippen LogP contribution in [-0.4, -0.2) is 36.7 Å². The number of hydrogen-bond acceptors (Lipinski definition) is 6. The molecular weight excluding hydrogens is 446 g/mol. The highest BCUT2D eigenvalue weighted by molar-refractivity contribution is 5.91. The zero-order valence-electron chi connectivity index (χ0n) is 18.8. The summed E-state index contributed by atoms with van der Waals surface area (Å²) < 4.78 is 46.0. The molecule has 1 fully saturated rings. The smallest absolute Gasteiger partial charge is 0.295 e. The lowest BCUT2D eigenvalue weighted by molar-refractivity contribution is -0.0760. The van der Waals surface area contributed by atoms with Crippen molar-refractivity contribution in [1.29, 1.82) is 0 Å². The summed E-state index contributed by atoms with van der Waals surface area (Å²) in [6.45, 7) is 0.287. The number of nitrogens with zero attached hydrogens (tertiary/aromatic N) is 2. The fourth-order valence-corrected chi connectivity index (χ4v) is 3.03. The Bertz CT molecular complexity index is 1130. The van der Waals surface area contributed by atoms with Crippen LogP contribution in [-0.2, 0) is 11.4 Å². The largest absolute Gasteiger partial charge is 0.493 e. The fraction of sp³-hybridized carbons (Fsp3) is 0.280. The Kier molecular flexibility index (Phi) is 7.22. The van der Waals surface area contributed by atoms with Gasteiger partial charge in [0.25, 0.3) is 5.91 Å². The molecule has 3 aromatic rings. The maximum atomic E-state index is 14.6. The molecule has 1 aromatic heterocycles. The Morgan fingerprint density at radius 2 is 1.74 bits per heavy atom. The van der Waals surface area contributed by atoms with E-state index in [1.54, 1.807) is 18.2 Å². The SMILES string of the molecule is CON(C)C(=O)c1ccc(OCc2c(F)cc(Oc3cccc(OCC4CC4)c3)cc2F)cn1. The molecule has 0 N–H and O–H groups in total. The van der Waals surface area contributed by atoms with E-state index in [2.05, 4.69) is 4.98 Å². The van der Waals surface area contributed by atoms with E-state index < -0.39 is 17.5 Å². The average Bonchev–Trinajstić information content (AvgIpc) is 3.66. The van der Waals surface area contributed by atoms with Gasteiger partial charge in [0.1, 0.15) is 46.9 Å². The number of benzene rings is 2. The van der Waals surface area contributed by atoms with Crippen LogP contribution in [0.15, 0.2) is 54.7 Å². The van der Waals surface area contributed by atoms with Crippen molar-refractivity contribution in [2.75, 3.05) is 20.8 Å². The number of hydrogen-bond donors (Lipinski definition) is 0. The van der Waals surface area contributed by atoms with E-state index in [-0.39, 0.29) is 29.4 Å². The molecule has 9 heteroatoms. The predicted octanol–water partition coefficient (Wildman–Crippen LogP) is 5.15. The molecule has 0 unspecified atom stereocenters. The fourth-order valence-electron chi connectivity index (χ4n) is 3.03. The van der Waals surface area contributed by atoms with Crippen LogP contribution in [0.5, 0.6) is 23.0 Å². The van der Waals surface area contributed by atoms with Gasteiger partial charge in [-0.2, -0.15) is 0 Å². The van der Waals surface area contributed by atoms with Gasteiger partial charge >= 0.3 is 0 Å². The van der Waals surface area contributed by atoms with Crippen molar-refractivity contribution < 1.29 is 32.6 Å². The third kappa shape index (κ3) is 5.99. The Morgan fingerprint density at radius 1 is 1.00 bits per heavy atom. The van der Waals surface area contributed by atoms with Gasteiger partial charge in [-0.25, -0.2) is 18.8 Å². The molecular formula is C25H24F2N2O5. The summed E-state index contributed by atoms with van der Waals surface area (Å²) in [5.41, 5.74) is -0.120. The van der Waals surface area contributed by atoms with Gasteiger partial charge in [0.15, 0.2) is 0 Å². The normalized spacial score (nSPS) is 12.8. The molecule has 0 radical (unpaired) electrons. The Balaban J connectivity index is 1.38. The summed E-state index contributed by atoms with van der Waals surface area (Å²) in [5.74, 6) is -0.127. The average molecular weight is 470 g/mol. The van der Waals surface area contributed by atoms with Crippen molar-refractivity contribution in [3.8, 4) is 23.0 Å². The van der Waals surface area contributed by atoms with Crippen molar-refractivity contribution in [2.24, 2.45) is 5.92 Å². The van der Waals surface area contributed by atoms with Crippen molar-refractivity contribution in [2.45, 2.75) is 19.4 Å². The number of hydroxylamine groups is 2. The van der Waals surface area contributed by atoms with Crippen molar-refractivity contribution >= 4 is 5.91 Å². The number of carbonyl (C=O) groups is 1. The summed E-state index contributed by atoms with van der Waals surface area (Å²) in [5, 5.41) is 1.02. The third-order valence-corrected chi connectivity index (χ3v) is 5.24. The lowest BCUT2D eigenvalue weighted by Crippen LogP contribution is -2.26. The summed E-state index contributed by atoms with van der Waals surface area (Å²) in [6, 6.07) is 12.0. The summed E-state index contributed by atoms with van der Waals surface area (Å²) >= 11 is 0. The first-order valence-corrected chi connectivity index (χ1v) is 10.7. The van der Waals surface area contributed by atoms with Gasteiger partial charge in [-0.1, -0.05) is 6.07 Å². The highest BCUT2D eigenvalue weighted by atomic mass is 19.1. The lowest BCUT2D eigenvalue weighted by Gasteiger charge is -2.13. The second kappa shape index (κ2) is 10.5. The minimum atomic E-state index is -0.808. The molecule has 1 aliphatic rings. The van der Waals surface area contributed by atoms with E-state index in [9.17, 15) is 13.6 Å². The quantitative estimate of drug-likeness (QED) is 0.382. The summed E-state index contributed by atoms with van der Waals surface area (Å²) in [6.07, 6.45) is 3.65. The molecule has 0 saturated heterocycles. The van der Waals surface area contributed by atoms with Crippen LogP contribution >= 0.6 is 0 Å². The number of carbonyl (C=O) groups excluding carboxylic acids is 1. The third-order valence-electron chi connectivity index (χ3n) is 5.24. The number of ether oxygens (including phenoxy) is 3. The molecule has 178 valence electrons. The Hall–Kier alpha value is -3.72. The zero-order chi connectivity index (χ0) is 24.1. The molecule has 1 aliphatic carbocycles. The maximum absolute atomic E-state index is 14.6. The van der Waals surface area contributed by atoms with Crippen LogP contribution in [0.1, 0.15) is 28.9 Å². The Labute approximate surface area is 195 Å². The number of pyridine rings is 1. The molecule has 0 aliphatic heterocycles. The van der Waals surface area contributed by atoms with Gasteiger partial charge in [-0.05, 0) is 43.0 Å². The first kappa shape index (κ1) is 23.4. The first-order valence-electron chi connectivity index (χ1n) is 10.7. The lowest BCUT2D eigenvalue weighted by atomic mass is 10.2. The molecule has 1 saturated carbocycles. The maximum Gasteiger partial charge on any atom is 0.295 e. The van der Waals surface area contributed by atoms with Gasteiger partial charge in [0.05, 0.1) is 25.5 Å². The molecule has 1 amide bonds. The van der Waals surface area contributed by atoms with Gasteiger partial charge in [0, 0.05) is 25.2 Å². The molecule has 0 spiro atoms. The minimum absolute atomic E-state index is 0.0184. The van der Waals surface area contributed by atoms with Crippen LogP contribution < -0.4 is 14.2 Å². The van der Waals surface area contributed by atoms with Crippen LogP contribution in [0.4, 0.5) is 8.78 Å². The van der Waals surface area contributed by atoms with E-state index in [0.717, 1.165) is 17.2 Å². The van der Waals surface area contributed by atoms with E-state index in [1.165, 1.54) is 45.3 Å². The number of halogens is 2. The first-order chi connectivity index (χ1) is 16.4. The molecule has 7 nitrogen and oxygen atoms in total. The van der Waals surface area contributed by atoms with Crippen LogP contribution in [0.2, 0.25) is 0 Å². The van der Waals surface area contributed by atoms with Gasteiger partial charge < -0.3 is 14.2 Å². The number of aromatic nitrogens is 1. The van der Waals surface area contributed by atoms with Crippen molar-refractivity contribution in [3.05, 3.63) is 77.6 Å². The summed E-state index contributed by atoms with van der Waals surface area (Å²) in [4.78, 5) is 20.8. The van der Waals surface area contributed by atoms with E-state index in [4.69, 9.17) is 19.0 Å². The van der Waals surface area contributed by atoms with Gasteiger partial charge in [0.2, 0.25) is 0 Å². The van der Waals surface area contributed by atoms with E-state index in [0.29, 0.717) is 24.0 Å². The molecule has 0 atom stereocenters. The second-order valence-corrected chi connectivity index (χ2v) is 7.85. The molecule has 4 rings (SSSR count). The van der Waals surface area contributed by atoms with Crippen molar-refractivity contribution in [1.82, 2.24) is 10.0 Å². The highest BCUT2D eigenvalue weighted by Crippen LogP contribution is 2.32. The van der Waals surface area contributed by atoms with Gasteiger partial charge in [-0.3, -0.25) is 9.63 Å². The number of amides is 1. The van der Waals surface area contributed by atoms with E-state index in [1.807, 2.05) is 6.07 Å². The number of rotatable bonds is 10. The van der Waals surface area contributed by atoms with Crippen LogP contribution in [0, 0.1) is 17.6 Å². The Morgan fingerprint density at radius 3 is 2.38 bits per heavy atom. The summed E-state index contributed by atoms with van der Waals surface area (Å²) in [7, 11) is 2.81. The standard InChI is InChI=1S/C25H24F2N2O5/c1-29(31-2)25(30)24-9-8-19(13-28-24)33-15-21-22(26)11-20(12-23(21)27)34-18-5-3-4-17(10-18)32-14-16-6-7-16/h3-5,8-13,16H,6-7,14-15H2,1-2H3. The zero-order valence-corrected chi connectivity index (χ0v) is 18.8. The van der Waals surface area contributed by atoms with Crippen LogP contribution in [0.25, 0.3) is 0 Å². The second-order valence-electron chi connectivity index (χ2n) is 7.85. The molecule has 2 aromatic carbocycles. The van der Waals surface area contributed by atoms with Gasteiger partial charge in [-0.15, -0.1) is 0 Å². The molecule has 34 heavy (non-hydrogen) atoms.